The molecule has 10 heteroatoms. The van der Waals surface area contributed by atoms with Crippen molar-refractivity contribution in [3.8, 4) is 17.1 Å². The highest BCUT2D eigenvalue weighted by Crippen LogP contribution is 2.30. The van der Waals surface area contributed by atoms with Gasteiger partial charge >= 0.3 is 0 Å². The highest BCUT2D eigenvalue weighted by Gasteiger charge is 2.21. The fourth-order valence-electron chi connectivity index (χ4n) is 2.38. The molecule has 0 fully saturated rings. The average molecular weight is 438 g/mol. The van der Waals surface area contributed by atoms with Gasteiger partial charge in [-0.2, -0.15) is 0 Å². The molecule has 3 rings (SSSR count). The second kappa shape index (κ2) is 8.72. The first-order chi connectivity index (χ1) is 13.4. The number of rotatable bonds is 6. The molecule has 3 N–H and O–H groups in total. The molecule has 1 atom stereocenters. The van der Waals surface area contributed by atoms with Crippen LogP contribution in [0.4, 0.5) is 5.69 Å². The minimum absolute atomic E-state index is 0.228. The van der Waals surface area contributed by atoms with Crippen molar-refractivity contribution in [3.05, 3.63) is 52.5 Å². The summed E-state index contributed by atoms with van der Waals surface area (Å²) in [7, 11) is 1.53. The first-order valence-corrected chi connectivity index (χ1v) is 9.80. The molecule has 1 unspecified atom stereocenters. The third-order valence-electron chi connectivity index (χ3n) is 3.85. The maximum atomic E-state index is 12.5. The number of benzene rings is 2. The van der Waals surface area contributed by atoms with Crippen LogP contribution in [0.3, 0.4) is 0 Å². The lowest BCUT2D eigenvalue weighted by Crippen LogP contribution is -2.23. The van der Waals surface area contributed by atoms with E-state index < -0.39 is 5.25 Å². The second-order valence-corrected chi connectivity index (χ2v) is 7.88. The van der Waals surface area contributed by atoms with E-state index >= 15 is 0 Å². The number of amides is 1. The molecule has 2 aromatic carbocycles. The van der Waals surface area contributed by atoms with Crippen molar-refractivity contribution in [2.45, 2.75) is 17.3 Å². The van der Waals surface area contributed by atoms with Gasteiger partial charge in [0.2, 0.25) is 11.1 Å². The SMILES string of the molecule is COc1ccc(NC(=O)C(C)Sc2nnc(-c3ccccc3Cl)n2N)cc1Cl. The third kappa shape index (κ3) is 4.35. The predicted molar refractivity (Wildman–Crippen MR) is 113 cm³/mol. The van der Waals surface area contributed by atoms with Crippen LogP contribution >= 0.6 is 35.0 Å². The maximum absolute atomic E-state index is 12.5. The van der Waals surface area contributed by atoms with E-state index in [2.05, 4.69) is 15.5 Å². The Balaban J connectivity index is 1.71. The lowest BCUT2D eigenvalue weighted by atomic mass is 10.2. The van der Waals surface area contributed by atoms with Gasteiger partial charge in [-0.25, -0.2) is 4.68 Å². The average Bonchev–Trinajstić information content (AvgIpc) is 3.02. The van der Waals surface area contributed by atoms with Gasteiger partial charge in [0.15, 0.2) is 5.82 Å². The van der Waals surface area contributed by atoms with Crippen molar-refractivity contribution in [3.63, 3.8) is 0 Å². The number of ether oxygens (including phenoxy) is 1. The topological polar surface area (TPSA) is 95.1 Å². The number of carbonyl (C=O) groups excluding carboxylic acids is 1. The number of nitrogens with zero attached hydrogens (tertiary/aromatic N) is 3. The zero-order chi connectivity index (χ0) is 20.3. The van der Waals surface area contributed by atoms with Crippen LogP contribution in [0.5, 0.6) is 5.75 Å². The van der Waals surface area contributed by atoms with Crippen LogP contribution in [0.1, 0.15) is 6.92 Å². The summed E-state index contributed by atoms with van der Waals surface area (Å²) in [4.78, 5) is 12.5. The Morgan fingerprint density at radius 2 is 1.96 bits per heavy atom. The van der Waals surface area contributed by atoms with Crippen molar-refractivity contribution in [1.29, 1.82) is 0 Å². The number of halogens is 2. The van der Waals surface area contributed by atoms with E-state index in [0.717, 1.165) is 0 Å². The van der Waals surface area contributed by atoms with Gasteiger partial charge < -0.3 is 15.9 Å². The number of thioether (sulfide) groups is 1. The van der Waals surface area contributed by atoms with Gasteiger partial charge in [0.05, 0.1) is 22.4 Å². The molecule has 0 aliphatic heterocycles. The maximum Gasteiger partial charge on any atom is 0.237 e. The third-order valence-corrected chi connectivity index (χ3v) is 5.53. The Labute approximate surface area is 176 Å². The van der Waals surface area contributed by atoms with Crippen molar-refractivity contribution in [1.82, 2.24) is 14.9 Å². The van der Waals surface area contributed by atoms with Crippen LogP contribution in [-0.2, 0) is 4.79 Å². The van der Waals surface area contributed by atoms with Crippen LogP contribution in [0, 0.1) is 0 Å². The molecule has 28 heavy (non-hydrogen) atoms. The molecule has 1 heterocycles. The summed E-state index contributed by atoms with van der Waals surface area (Å²) in [6.45, 7) is 1.75. The van der Waals surface area contributed by atoms with Crippen LogP contribution in [0.2, 0.25) is 10.0 Å². The fourth-order valence-corrected chi connectivity index (χ4v) is 3.63. The van der Waals surface area contributed by atoms with E-state index in [1.807, 2.05) is 12.1 Å². The predicted octanol–water partition coefficient (Wildman–Crippen LogP) is 4.09. The zero-order valence-corrected chi connectivity index (χ0v) is 17.3. The monoisotopic (exact) mass is 437 g/mol. The summed E-state index contributed by atoms with van der Waals surface area (Å²) in [5.41, 5.74) is 1.23. The first kappa shape index (κ1) is 20.3. The molecule has 0 radical (unpaired) electrons. The number of anilines is 1. The molecule has 0 aliphatic rings. The van der Waals surface area contributed by atoms with E-state index in [4.69, 9.17) is 33.8 Å². The molecule has 3 aromatic rings. The largest absolute Gasteiger partial charge is 0.495 e. The Kier molecular flexibility index (Phi) is 6.33. The number of nitrogens with two attached hydrogens (primary N) is 1. The summed E-state index contributed by atoms with van der Waals surface area (Å²) in [6.07, 6.45) is 0. The molecule has 0 saturated heterocycles. The molecule has 0 spiro atoms. The van der Waals surface area contributed by atoms with E-state index in [1.54, 1.807) is 37.3 Å². The smallest absolute Gasteiger partial charge is 0.237 e. The summed E-state index contributed by atoms with van der Waals surface area (Å²) < 4.78 is 6.42. The van der Waals surface area contributed by atoms with Crippen molar-refractivity contribution < 1.29 is 9.53 Å². The molecule has 146 valence electrons. The van der Waals surface area contributed by atoms with Crippen molar-refractivity contribution in [2.24, 2.45) is 0 Å². The Morgan fingerprint density at radius 3 is 2.64 bits per heavy atom. The minimum atomic E-state index is -0.480. The molecular weight excluding hydrogens is 421 g/mol. The number of hydrogen-bond donors (Lipinski definition) is 2. The molecule has 0 aliphatic carbocycles. The van der Waals surface area contributed by atoms with Crippen molar-refractivity contribution >= 4 is 46.6 Å². The number of hydrogen-bond acceptors (Lipinski definition) is 6. The van der Waals surface area contributed by atoms with Crippen LogP contribution < -0.4 is 15.9 Å². The van der Waals surface area contributed by atoms with E-state index in [1.165, 1.54) is 23.5 Å². The second-order valence-electron chi connectivity index (χ2n) is 5.75. The van der Waals surface area contributed by atoms with Crippen LogP contribution in [-0.4, -0.2) is 33.1 Å². The number of methoxy groups -OCH3 is 1. The quantitative estimate of drug-likeness (QED) is 0.445. The summed E-state index contributed by atoms with van der Waals surface area (Å²) in [6, 6.07) is 12.2. The van der Waals surface area contributed by atoms with Crippen LogP contribution in [0.25, 0.3) is 11.4 Å². The Bertz CT molecular complexity index is 1010. The standard InChI is InChI=1S/C18H17Cl2N5O2S/c1-10(17(26)22-11-7-8-15(27-2)14(20)9-11)28-18-24-23-16(25(18)21)12-5-3-4-6-13(12)19/h3-10H,21H2,1-2H3,(H,22,26). The molecule has 0 bridgehead atoms. The lowest BCUT2D eigenvalue weighted by Gasteiger charge is -2.12. The summed E-state index contributed by atoms with van der Waals surface area (Å²) in [5.74, 6) is 6.83. The molecule has 1 amide bonds. The van der Waals surface area contributed by atoms with Gasteiger partial charge in [0, 0.05) is 11.3 Å². The summed E-state index contributed by atoms with van der Waals surface area (Å²) in [5, 5.41) is 11.8. The highest BCUT2D eigenvalue weighted by molar-refractivity contribution is 8.00. The highest BCUT2D eigenvalue weighted by atomic mass is 35.5. The molecule has 1 aromatic heterocycles. The van der Waals surface area contributed by atoms with E-state index in [9.17, 15) is 4.79 Å². The molecule has 0 saturated carbocycles. The van der Waals surface area contributed by atoms with Gasteiger partial charge in [0.25, 0.3) is 0 Å². The van der Waals surface area contributed by atoms with E-state index in [-0.39, 0.29) is 5.91 Å². The first-order valence-electron chi connectivity index (χ1n) is 8.17. The fraction of sp³-hybridized carbons (Fsp3) is 0.167. The Morgan fingerprint density at radius 1 is 1.21 bits per heavy atom. The molecular formula is C18H17Cl2N5O2S. The lowest BCUT2D eigenvalue weighted by molar-refractivity contribution is -0.115. The van der Waals surface area contributed by atoms with Crippen LogP contribution in [0.15, 0.2) is 47.6 Å². The summed E-state index contributed by atoms with van der Waals surface area (Å²) >= 11 is 13.5. The van der Waals surface area contributed by atoms with Gasteiger partial charge in [-0.3, -0.25) is 4.79 Å². The Hall–Kier alpha value is -2.42. The molecule has 7 nitrogen and oxygen atoms in total. The number of carbonyl (C=O) groups is 1. The number of aromatic nitrogens is 3. The van der Waals surface area contributed by atoms with Gasteiger partial charge in [-0.05, 0) is 37.3 Å². The van der Waals surface area contributed by atoms with Crippen molar-refractivity contribution in [2.75, 3.05) is 18.3 Å². The number of nitrogen functional groups attached to an aromatic ring is 1. The zero-order valence-electron chi connectivity index (χ0n) is 15.0. The number of nitrogens with one attached hydrogen (secondary N) is 1. The minimum Gasteiger partial charge on any atom is -0.495 e. The van der Waals surface area contributed by atoms with Gasteiger partial charge in [0.1, 0.15) is 5.75 Å². The van der Waals surface area contributed by atoms with E-state index in [0.29, 0.717) is 38.0 Å². The van der Waals surface area contributed by atoms with Gasteiger partial charge in [-0.1, -0.05) is 47.1 Å². The normalized spacial score (nSPS) is 11.9. The van der Waals surface area contributed by atoms with Gasteiger partial charge in [-0.15, -0.1) is 10.2 Å².